The van der Waals surface area contributed by atoms with Crippen LogP contribution in [0.4, 0.5) is 0 Å². The molecule has 40 heavy (non-hydrogen) atoms. The largest absolute Gasteiger partial charge is 0.459 e. The van der Waals surface area contributed by atoms with E-state index in [0.29, 0.717) is 29.4 Å². The number of carbonyl (C=O) groups is 3. The fourth-order valence-electron chi connectivity index (χ4n) is 8.88. The van der Waals surface area contributed by atoms with Crippen LogP contribution in [-0.4, -0.2) is 29.9 Å². The molecule has 7 unspecified atom stereocenters. The highest BCUT2D eigenvalue weighted by Crippen LogP contribution is 2.64. The van der Waals surface area contributed by atoms with E-state index in [9.17, 15) is 14.4 Å². The Kier molecular flexibility index (Phi) is 6.96. The van der Waals surface area contributed by atoms with Crippen molar-refractivity contribution in [2.45, 2.75) is 84.3 Å². The van der Waals surface area contributed by atoms with Crippen LogP contribution >= 0.6 is 0 Å². The van der Waals surface area contributed by atoms with Crippen molar-refractivity contribution < 1.29 is 23.9 Å². The molecule has 0 aliphatic heterocycles. The first-order valence-corrected chi connectivity index (χ1v) is 15.0. The first kappa shape index (κ1) is 27.0. The Morgan fingerprint density at radius 2 is 1.52 bits per heavy atom. The summed E-state index contributed by atoms with van der Waals surface area (Å²) in [6, 6.07) is 18.3. The first-order valence-electron chi connectivity index (χ1n) is 15.0. The number of benzene rings is 2. The van der Waals surface area contributed by atoms with E-state index >= 15 is 0 Å². The SMILES string of the molecule is CC(OC(=O)c1ccccc1)C1CCC2C3=C(C(=O)CC21C)C1(C)CCC(OC(=O)c2ccccc2)CC1CC3. The van der Waals surface area contributed by atoms with Crippen LogP contribution in [0.1, 0.15) is 92.9 Å². The lowest BCUT2D eigenvalue weighted by molar-refractivity contribution is -0.124. The summed E-state index contributed by atoms with van der Waals surface area (Å²) in [5.41, 5.74) is 3.26. The minimum atomic E-state index is -0.292. The van der Waals surface area contributed by atoms with Gasteiger partial charge in [0.25, 0.3) is 0 Å². The van der Waals surface area contributed by atoms with Crippen molar-refractivity contribution >= 4 is 17.7 Å². The summed E-state index contributed by atoms with van der Waals surface area (Å²) in [5.74, 6) is 0.587. The molecule has 6 rings (SSSR count). The van der Waals surface area contributed by atoms with Gasteiger partial charge in [0, 0.05) is 17.9 Å². The third kappa shape index (κ3) is 4.52. The van der Waals surface area contributed by atoms with Gasteiger partial charge in [0.1, 0.15) is 12.2 Å². The molecule has 0 N–H and O–H groups in total. The fraction of sp³-hybridized carbons (Fsp3) is 0.514. The zero-order chi connectivity index (χ0) is 28.1. The van der Waals surface area contributed by atoms with E-state index in [1.54, 1.807) is 24.3 Å². The number of ketones is 1. The molecular formula is C35H40O5. The minimum Gasteiger partial charge on any atom is -0.459 e. The number of hydrogen-bond donors (Lipinski definition) is 0. The third-order valence-electron chi connectivity index (χ3n) is 10.9. The quantitative estimate of drug-likeness (QED) is 0.371. The molecule has 0 saturated heterocycles. The predicted molar refractivity (Wildman–Crippen MR) is 153 cm³/mol. The third-order valence-corrected chi connectivity index (χ3v) is 10.9. The summed E-state index contributed by atoms with van der Waals surface area (Å²) in [4.78, 5) is 39.6. The number of ether oxygens (including phenoxy) is 2. The van der Waals surface area contributed by atoms with Crippen molar-refractivity contribution in [1.82, 2.24) is 0 Å². The van der Waals surface area contributed by atoms with E-state index in [4.69, 9.17) is 9.47 Å². The average molecular weight is 541 g/mol. The van der Waals surface area contributed by atoms with Crippen LogP contribution in [-0.2, 0) is 14.3 Å². The van der Waals surface area contributed by atoms with Gasteiger partial charge in [0.05, 0.1) is 11.1 Å². The maximum absolute atomic E-state index is 14.0. The fourth-order valence-corrected chi connectivity index (χ4v) is 8.88. The molecule has 4 aliphatic rings. The van der Waals surface area contributed by atoms with E-state index in [-0.39, 0.29) is 46.7 Å². The summed E-state index contributed by atoms with van der Waals surface area (Å²) >= 11 is 0. The van der Waals surface area contributed by atoms with Crippen molar-refractivity contribution in [1.29, 1.82) is 0 Å². The normalized spacial score (nSPS) is 33.8. The van der Waals surface area contributed by atoms with Crippen molar-refractivity contribution in [2.75, 3.05) is 0 Å². The second-order valence-electron chi connectivity index (χ2n) is 13.0. The Hall–Kier alpha value is -3.21. The molecule has 0 amide bonds. The number of allylic oxidation sites excluding steroid dienone is 2. The van der Waals surface area contributed by atoms with Crippen LogP contribution in [0.25, 0.3) is 0 Å². The van der Waals surface area contributed by atoms with Gasteiger partial charge < -0.3 is 9.47 Å². The molecule has 0 radical (unpaired) electrons. The van der Waals surface area contributed by atoms with Gasteiger partial charge in [0.2, 0.25) is 0 Å². The molecule has 5 nitrogen and oxygen atoms in total. The summed E-state index contributed by atoms with van der Waals surface area (Å²) in [6.45, 7) is 6.56. The number of rotatable bonds is 5. The summed E-state index contributed by atoms with van der Waals surface area (Å²) in [5, 5.41) is 0. The van der Waals surface area contributed by atoms with Crippen LogP contribution < -0.4 is 0 Å². The van der Waals surface area contributed by atoms with Gasteiger partial charge in [-0.15, -0.1) is 0 Å². The van der Waals surface area contributed by atoms with Crippen LogP contribution in [0.15, 0.2) is 71.8 Å². The van der Waals surface area contributed by atoms with Crippen LogP contribution in [0.2, 0.25) is 0 Å². The molecule has 2 aromatic carbocycles. The maximum Gasteiger partial charge on any atom is 0.338 e. The Morgan fingerprint density at radius 1 is 0.875 bits per heavy atom. The standard InChI is InChI=1S/C35H40O5/c1-22(39-32(37)23-10-6-4-7-11-23)28-16-17-29-27-15-14-25-20-26(40-33(38)24-12-8-5-9-13-24)18-19-34(25,2)31(27)30(36)21-35(28,29)3/h4-13,22,25-26,28-29H,14-21H2,1-3H3. The minimum absolute atomic E-state index is 0.104. The molecule has 0 bridgehead atoms. The molecule has 0 spiro atoms. The van der Waals surface area contributed by atoms with Gasteiger partial charge in [-0.1, -0.05) is 55.8 Å². The molecule has 210 valence electrons. The lowest BCUT2D eigenvalue weighted by Gasteiger charge is -2.54. The second-order valence-corrected chi connectivity index (χ2v) is 13.0. The molecule has 2 saturated carbocycles. The number of fused-ring (bicyclic) bond motifs is 4. The number of esters is 2. The Balaban J connectivity index is 1.18. The van der Waals surface area contributed by atoms with E-state index in [2.05, 4.69) is 13.8 Å². The van der Waals surface area contributed by atoms with Crippen LogP contribution in [0, 0.1) is 28.6 Å². The summed E-state index contributed by atoms with van der Waals surface area (Å²) < 4.78 is 11.9. The highest BCUT2D eigenvalue weighted by atomic mass is 16.5. The molecule has 5 heteroatoms. The Morgan fingerprint density at radius 3 is 2.20 bits per heavy atom. The summed E-state index contributed by atoms with van der Waals surface area (Å²) in [7, 11) is 0. The van der Waals surface area contributed by atoms with E-state index in [1.165, 1.54) is 5.57 Å². The molecule has 4 aliphatic carbocycles. The zero-order valence-corrected chi connectivity index (χ0v) is 23.9. The van der Waals surface area contributed by atoms with Gasteiger partial charge in [-0.2, -0.15) is 0 Å². The zero-order valence-electron chi connectivity index (χ0n) is 23.9. The van der Waals surface area contributed by atoms with Crippen molar-refractivity contribution in [2.24, 2.45) is 28.6 Å². The van der Waals surface area contributed by atoms with Crippen LogP contribution in [0.3, 0.4) is 0 Å². The van der Waals surface area contributed by atoms with Crippen molar-refractivity contribution in [3.8, 4) is 0 Å². The smallest absolute Gasteiger partial charge is 0.338 e. The maximum atomic E-state index is 14.0. The van der Waals surface area contributed by atoms with E-state index in [0.717, 1.165) is 50.5 Å². The van der Waals surface area contributed by atoms with Crippen LogP contribution in [0.5, 0.6) is 0 Å². The monoisotopic (exact) mass is 540 g/mol. The van der Waals surface area contributed by atoms with Gasteiger partial charge in [-0.05, 0) is 98.8 Å². The van der Waals surface area contributed by atoms with E-state index in [1.807, 2.05) is 43.3 Å². The lowest BCUT2D eigenvalue weighted by atomic mass is 9.50. The van der Waals surface area contributed by atoms with Crippen molar-refractivity contribution in [3.63, 3.8) is 0 Å². The molecule has 7 atom stereocenters. The summed E-state index contributed by atoms with van der Waals surface area (Å²) in [6.07, 6.45) is 6.60. The number of Topliss-reactive ketones (excluding diaryl/α,β-unsaturated/α-hetero) is 1. The molecule has 2 aromatic rings. The average Bonchev–Trinajstić information content (AvgIpc) is 3.30. The molecule has 0 aromatic heterocycles. The van der Waals surface area contributed by atoms with Gasteiger partial charge >= 0.3 is 11.9 Å². The van der Waals surface area contributed by atoms with Gasteiger partial charge in [-0.3, -0.25) is 4.79 Å². The number of hydrogen-bond acceptors (Lipinski definition) is 5. The number of carbonyl (C=O) groups excluding carboxylic acids is 3. The molecule has 2 fully saturated rings. The Labute approximate surface area is 237 Å². The van der Waals surface area contributed by atoms with Gasteiger partial charge in [0.15, 0.2) is 5.78 Å². The van der Waals surface area contributed by atoms with Crippen molar-refractivity contribution in [3.05, 3.63) is 82.9 Å². The van der Waals surface area contributed by atoms with Gasteiger partial charge in [-0.25, -0.2) is 9.59 Å². The predicted octanol–water partition coefficient (Wildman–Crippen LogP) is 7.36. The van der Waals surface area contributed by atoms with E-state index < -0.39 is 0 Å². The highest BCUT2D eigenvalue weighted by Gasteiger charge is 2.59. The molecular weight excluding hydrogens is 500 g/mol. The topological polar surface area (TPSA) is 69.7 Å². The highest BCUT2D eigenvalue weighted by molar-refractivity contribution is 5.99. The Bertz CT molecular complexity index is 1330. The first-order chi connectivity index (χ1) is 19.2. The molecule has 0 heterocycles. The second kappa shape index (κ2) is 10.3. The lowest BCUT2D eigenvalue weighted by Crippen LogP contribution is -2.49.